The highest BCUT2D eigenvalue weighted by molar-refractivity contribution is 7.91. The zero-order valence-corrected chi connectivity index (χ0v) is 16.8. The second kappa shape index (κ2) is 7.90. The Hall–Kier alpha value is -2.06. The standard InChI is InChI=1S/C19H26N2O5S/c1-14-11-18(15(2)21(14)12-17-5-4-8-26-17)19(22)20(7-9-25-3)16-6-10-27(23,24)13-16/h4-5,8,11,16H,6-7,9-10,12-13H2,1-3H3. The first-order chi connectivity index (χ1) is 12.8. The molecule has 3 heterocycles. The van der Waals surface area contributed by atoms with Crippen LogP contribution in [0.15, 0.2) is 28.9 Å². The maximum Gasteiger partial charge on any atom is 0.256 e. The molecule has 0 aliphatic carbocycles. The summed E-state index contributed by atoms with van der Waals surface area (Å²) in [7, 11) is -1.51. The van der Waals surface area contributed by atoms with Crippen molar-refractivity contribution in [3.63, 3.8) is 0 Å². The summed E-state index contributed by atoms with van der Waals surface area (Å²) in [5, 5.41) is 0. The van der Waals surface area contributed by atoms with Crippen LogP contribution >= 0.6 is 0 Å². The predicted octanol–water partition coefficient (Wildman–Crippen LogP) is 2.02. The molecule has 0 radical (unpaired) electrons. The lowest BCUT2D eigenvalue weighted by molar-refractivity contribution is 0.0623. The number of furan rings is 1. The molecule has 1 fully saturated rings. The Labute approximate surface area is 159 Å². The monoisotopic (exact) mass is 394 g/mol. The van der Waals surface area contributed by atoms with Crippen LogP contribution in [-0.2, 0) is 21.1 Å². The number of sulfone groups is 1. The molecule has 2 aromatic heterocycles. The van der Waals surface area contributed by atoms with Gasteiger partial charge in [-0.2, -0.15) is 0 Å². The topological polar surface area (TPSA) is 81.8 Å². The van der Waals surface area contributed by atoms with Crippen molar-refractivity contribution < 1.29 is 22.4 Å². The second-order valence-electron chi connectivity index (χ2n) is 7.00. The van der Waals surface area contributed by atoms with Crippen molar-refractivity contribution in [2.45, 2.75) is 32.9 Å². The Balaban J connectivity index is 1.87. The minimum Gasteiger partial charge on any atom is -0.467 e. The van der Waals surface area contributed by atoms with Crippen molar-refractivity contribution in [3.05, 3.63) is 47.2 Å². The van der Waals surface area contributed by atoms with Crippen LogP contribution in [0.3, 0.4) is 0 Å². The van der Waals surface area contributed by atoms with Gasteiger partial charge in [-0.15, -0.1) is 0 Å². The molecule has 0 spiro atoms. The van der Waals surface area contributed by atoms with Crippen LogP contribution in [0, 0.1) is 13.8 Å². The summed E-state index contributed by atoms with van der Waals surface area (Å²) in [6, 6.07) is 5.30. The molecule has 3 rings (SSSR count). The van der Waals surface area contributed by atoms with Gasteiger partial charge in [0.05, 0.1) is 36.5 Å². The molecule has 2 aromatic rings. The van der Waals surface area contributed by atoms with E-state index in [0.717, 1.165) is 17.1 Å². The molecule has 0 bridgehead atoms. The molecule has 1 aliphatic rings. The predicted molar refractivity (Wildman–Crippen MR) is 102 cm³/mol. The highest BCUT2D eigenvalue weighted by atomic mass is 32.2. The quantitative estimate of drug-likeness (QED) is 0.718. The average Bonchev–Trinajstić information content (AvgIpc) is 3.32. The molecule has 1 aliphatic heterocycles. The van der Waals surface area contributed by atoms with Gasteiger partial charge < -0.3 is 18.6 Å². The Kier molecular flexibility index (Phi) is 5.76. The summed E-state index contributed by atoms with van der Waals surface area (Å²) < 4.78 is 36.4. The molecule has 1 saturated heterocycles. The van der Waals surface area contributed by atoms with Crippen molar-refractivity contribution in [2.24, 2.45) is 0 Å². The van der Waals surface area contributed by atoms with Gasteiger partial charge in [0.15, 0.2) is 9.84 Å². The highest BCUT2D eigenvalue weighted by Crippen LogP contribution is 2.24. The minimum absolute atomic E-state index is 0.0214. The van der Waals surface area contributed by atoms with Gasteiger partial charge in [-0.3, -0.25) is 4.79 Å². The number of carbonyl (C=O) groups excluding carboxylic acids is 1. The first kappa shape index (κ1) is 19.7. The fourth-order valence-corrected chi connectivity index (χ4v) is 5.37. The third kappa shape index (κ3) is 4.27. The lowest BCUT2D eigenvalue weighted by atomic mass is 10.1. The molecule has 27 heavy (non-hydrogen) atoms. The fraction of sp³-hybridized carbons (Fsp3) is 0.526. The summed E-state index contributed by atoms with van der Waals surface area (Å²) in [5.74, 6) is 0.821. The van der Waals surface area contributed by atoms with E-state index in [1.807, 2.05) is 36.6 Å². The third-order valence-electron chi connectivity index (χ3n) is 5.14. The van der Waals surface area contributed by atoms with Gasteiger partial charge in [0.2, 0.25) is 0 Å². The average molecular weight is 394 g/mol. The number of methoxy groups -OCH3 is 1. The van der Waals surface area contributed by atoms with E-state index in [9.17, 15) is 13.2 Å². The molecule has 7 nitrogen and oxygen atoms in total. The first-order valence-corrected chi connectivity index (χ1v) is 10.8. The van der Waals surface area contributed by atoms with E-state index in [2.05, 4.69) is 0 Å². The van der Waals surface area contributed by atoms with E-state index in [4.69, 9.17) is 9.15 Å². The van der Waals surface area contributed by atoms with E-state index in [-0.39, 0.29) is 23.5 Å². The first-order valence-electron chi connectivity index (χ1n) is 9.02. The van der Waals surface area contributed by atoms with Crippen LogP contribution in [0.2, 0.25) is 0 Å². The van der Waals surface area contributed by atoms with Gasteiger partial charge in [0, 0.05) is 31.1 Å². The minimum atomic E-state index is -3.08. The summed E-state index contributed by atoms with van der Waals surface area (Å²) in [4.78, 5) is 14.9. The molecule has 0 aromatic carbocycles. The van der Waals surface area contributed by atoms with E-state index in [0.29, 0.717) is 31.7 Å². The number of aryl methyl sites for hydroxylation is 1. The van der Waals surface area contributed by atoms with Crippen LogP contribution in [0.25, 0.3) is 0 Å². The number of aromatic nitrogens is 1. The van der Waals surface area contributed by atoms with Crippen LogP contribution < -0.4 is 0 Å². The number of ether oxygens (including phenoxy) is 1. The smallest absolute Gasteiger partial charge is 0.256 e. The Bertz CT molecular complexity index is 899. The normalized spacial score (nSPS) is 18.7. The van der Waals surface area contributed by atoms with E-state index in [1.165, 1.54) is 0 Å². The van der Waals surface area contributed by atoms with Gasteiger partial charge in [-0.05, 0) is 38.5 Å². The van der Waals surface area contributed by atoms with Crippen molar-refractivity contribution in [1.29, 1.82) is 0 Å². The number of nitrogens with zero attached hydrogens (tertiary/aromatic N) is 2. The van der Waals surface area contributed by atoms with Gasteiger partial charge in [-0.25, -0.2) is 8.42 Å². The largest absolute Gasteiger partial charge is 0.467 e. The van der Waals surface area contributed by atoms with Crippen molar-refractivity contribution in [3.8, 4) is 0 Å². The number of hydrogen-bond acceptors (Lipinski definition) is 5. The lowest BCUT2D eigenvalue weighted by Gasteiger charge is -2.28. The van der Waals surface area contributed by atoms with Gasteiger partial charge in [0.1, 0.15) is 5.76 Å². The van der Waals surface area contributed by atoms with Gasteiger partial charge >= 0.3 is 0 Å². The Morgan fingerprint density at radius 3 is 2.78 bits per heavy atom. The Morgan fingerprint density at radius 2 is 2.19 bits per heavy atom. The van der Waals surface area contributed by atoms with E-state index in [1.54, 1.807) is 18.3 Å². The molecular formula is C19H26N2O5S. The van der Waals surface area contributed by atoms with E-state index < -0.39 is 9.84 Å². The van der Waals surface area contributed by atoms with Gasteiger partial charge in [0.25, 0.3) is 5.91 Å². The van der Waals surface area contributed by atoms with E-state index >= 15 is 0 Å². The summed E-state index contributed by atoms with van der Waals surface area (Å²) in [6.07, 6.45) is 2.10. The zero-order chi connectivity index (χ0) is 19.6. The molecule has 148 valence electrons. The number of hydrogen-bond donors (Lipinski definition) is 0. The molecule has 8 heteroatoms. The summed E-state index contributed by atoms with van der Waals surface area (Å²) >= 11 is 0. The SMILES string of the molecule is COCCN(C(=O)c1cc(C)n(Cc2ccco2)c1C)C1CCS(=O)(=O)C1. The fourth-order valence-electron chi connectivity index (χ4n) is 3.63. The molecule has 0 saturated carbocycles. The maximum atomic E-state index is 13.3. The summed E-state index contributed by atoms with van der Waals surface area (Å²) in [5.41, 5.74) is 2.40. The van der Waals surface area contributed by atoms with Crippen LogP contribution in [0.1, 0.15) is 33.9 Å². The van der Waals surface area contributed by atoms with Gasteiger partial charge in [-0.1, -0.05) is 0 Å². The van der Waals surface area contributed by atoms with Crippen molar-refractivity contribution in [1.82, 2.24) is 9.47 Å². The molecule has 0 N–H and O–H groups in total. The second-order valence-corrected chi connectivity index (χ2v) is 9.23. The molecular weight excluding hydrogens is 368 g/mol. The number of rotatable bonds is 7. The third-order valence-corrected chi connectivity index (χ3v) is 6.89. The number of carbonyl (C=O) groups is 1. The lowest BCUT2D eigenvalue weighted by Crippen LogP contribution is -2.43. The number of amides is 1. The zero-order valence-electron chi connectivity index (χ0n) is 16.0. The molecule has 1 amide bonds. The summed E-state index contributed by atoms with van der Waals surface area (Å²) in [6.45, 7) is 5.15. The van der Waals surface area contributed by atoms with Crippen LogP contribution in [0.4, 0.5) is 0 Å². The van der Waals surface area contributed by atoms with Crippen molar-refractivity contribution >= 4 is 15.7 Å². The van der Waals surface area contributed by atoms with Crippen LogP contribution in [0.5, 0.6) is 0 Å². The molecule has 1 unspecified atom stereocenters. The van der Waals surface area contributed by atoms with Crippen molar-refractivity contribution in [2.75, 3.05) is 31.8 Å². The molecule has 1 atom stereocenters. The van der Waals surface area contributed by atoms with Crippen LogP contribution in [-0.4, -0.2) is 61.6 Å². The Morgan fingerprint density at radius 1 is 1.41 bits per heavy atom. The maximum absolute atomic E-state index is 13.3. The highest BCUT2D eigenvalue weighted by Gasteiger charge is 2.35.